The number of hydrogen-bond donors (Lipinski definition) is 1. The Bertz CT molecular complexity index is 516. The Morgan fingerprint density at radius 1 is 1.17 bits per heavy atom. The molecule has 1 aliphatic carbocycles. The molecule has 3 rings (SSSR count). The summed E-state index contributed by atoms with van der Waals surface area (Å²) in [7, 11) is 2.04. The predicted octanol–water partition coefficient (Wildman–Crippen LogP) is 3.45. The van der Waals surface area contributed by atoms with Crippen molar-refractivity contribution >= 4 is 35.6 Å². The molecule has 1 heterocycles. The monoisotopic (exact) mass is 428 g/mol. The number of halogens is 1. The summed E-state index contributed by atoms with van der Waals surface area (Å²) in [6, 6.07) is 9.43. The summed E-state index contributed by atoms with van der Waals surface area (Å²) in [5.41, 5.74) is 8.59. The molecule has 1 aromatic rings. The van der Waals surface area contributed by atoms with E-state index < -0.39 is 0 Å². The summed E-state index contributed by atoms with van der Waals surface area (Å²) in [4.78, 5) is 9.10. The maximum Gasteiger partial charge on any atom is 0.191 e. The molecule has 4 nitrogen and oxygen atoms in total. The molecule has 0 unspecified atom stereocenters. The van der Waals surface area contributed by atoms with E-state index in [4.69, 9.17) is 5.73 Å². The van der Waals surface area contributed by atoms with Gasteiger partial charge in [-0.15, -0.1) is 24.0 Å². The van der Waals surface area contributed by atoms with Gasteiger partial charge in [0.15, 0.2) is 5.96 Å². The molecule has 1 aromatic carbocycles. The van der Waals surface area contributed by atoms with Crippen LogP contribution in [0.4, 0.5) is 5.69 Å². The second-order valence-corrected chi connectivity index (χ2v) is 6.85. The van der Waals surface area contributed by atoms with Gasteiger partial charge >= 0.3 is 0 Å². The van der Waals surface area contributed by atoms with Crippen molar-refractivity contribution in [3.8, 4) is 0 Å². The number of hydrogen-bond acceptors (Lipinski definition) is 2. The van der Waals surface area contributed by atoms with E-state index in [1.165, 1.54) is 50.0 Å². The van der Waals surface area contributed by atoms with Crippen molar-refractivity contribution in [3.05, 3.63) is 29.8 Å². The molecule has 0 atom stereocenters. The Balaban J connectivity index is 0.00000192. The summed E-state index contributed by atoms with van der Waals surface area (Å²) < 4.78 is 0. The first-order valence-electron chi connectivity index (χ1n) is 8.50. The molecule has 0 spiro atoms. The van der Waals surface area contributed by atoms with Gasteiger partial charge < -0.3 is 15.5 Å². The van der Waals surface area contributed by atoms with Crippen LogP contribution in [0.15, 0.2) is 29.3 Å². The largest absolute Gasteiger partial charge is 0.372 e. The highest BCUT2D eigenvalue weighted by molar-refractivity contribution is 14.0. The molecule has 23 heavy (non-hydrogen) atoms. The Labute approximate surface area is 157 Å². The van der Waals surface area contributed by atoms with Crippen molar-refractivity contribution in [2.45, 2.75) is 45.2 Å². The van der Waals surface area contributed by atoms with Gasteiger partial charge in [0, 0.05) is 31.9 Å². The summed E-state index contributed by atoms with van der Waals surface area (Å²) in [6.45, 7) is 5.37. The lowest BCUT2D eigenvalue weighted by atomic mass is 9.99. The van der Waals surface area contributed by atoms with Crippen LogP contribution in [0.1, 0.15) is 38.2 Å². The van der Waals surface area contributed by atoms with Crippen molar-refractivity contribution in [2.75, 3.05) is 25.0 Å². The standard InChI is InChI=1S/C18H28N4.HI/c1-14-9-11-22(12-10-14)17-5-3-15(4-6-17)13-20-18(19)21(2)16-7-8-16;/h3-6,14,16H,7-13H2,1-2H3,(H2,19,20);1H. The van der Waals surface area contributed by atoms with Gasteiger partial charge in [-0.05, 0) is 49.3 Å². The zero-order chi connectivity index (χ0) is 15.5. The van der Waals surface area contributed by atoms with Crippen LogP contribution in [0.25, 0.3) is 0 Å². The van der Waals surface area contributed by atoms with Crippen molar-refractivity contribution in [2.24, 2.45) is 16.6 Å². The lowest BCUT2D eigenvalue weighted by Crippen LogP contribution is -2.35. The SMILES string of the molecule is CC1CCN(c2ccc(CN=C(N)N(C)C3CC3)cc2)CC1.I. The Kier molecular flexibility index (Phi) is 6.56. The number of nitrogens with two attached hydrogens (primary N) is 1. The van der Waals surface area contributed by atoms with Gasteiger partial charge in [0.25, 0.3) is 0 Å². The average molecular weight is 428 g/mol. The quantitative estimate of drug-likeness (QED) is 0.454. The zero-order valence-electron chi connectivity index (χ0n) is 14.2. The van der Waals surface area contributed by atoms with Crippen LogP contribution in [-0.2, 0) is 6.54 Å². The third-order valence-electron chi connectivity index (χ3n) is 4.96. The molecule has 2 aliphatic rings. The average Bonchev–Trinajstić information content (AvgIpc) is 3.38. The summed E-state index contributed by atoms with van der Waals surface area (Å²) >= 11 is 0. The Morgan fingerprint density at radius 2 is 1.78 bits per heavy atom. The smallest absolute Gasteiger partial charge is 0.191 e. The molecule has 0 radical (unpaired) electrons. The summed E-state index contributed by atoms with van der Waals surface area (Å²) in [5.74, 6) is 1.54. The Morgan fingerprint density at radius 3 is 2.35 bits per heavy atom. The van der Waals surface area contributed by atoms with Crippen molar-refractivity contribution in [1.82, 2.24) is 4.90 Å². The number of aliphatic imine (C=N–C) groups is 1. The first-order chi connectivity index (χ1) is 10.6. The molecule has 2 N–H and O–H groups in total. The Hall–Kier alpha value is -0.980. The molecule has 1 aliphatic heterocycles. The van der Waals surface area contributed by atoms with E-state index >= 15 is 0 Å². The summed E-state index contributed by atoms with van der Waals surface area (Å²) in [5, 5.41) is 0. The van der Waals surface area contributed by atoms with Gasteiger partial charge in [0.2, 0.25) is 0 Å². The number of nitrogens with zero attached hydrogens (tertiary/aromatic N) is 3. The maximum atomic E-state index is 6.03. The number of guanidine groups is 1. The fourth-order valence-electron chi connectivity index (χ4n) is 3.01. The third kappa shape index (κ3) is 4.99. The minimum absolute atomic E-state index is 0. The topological polar surface area (TPSA) is 44.9 Å². The fourth-order valence-corrected chi connectivity index (χ4v) is 3.01. The van der Waals surface area contributed by atoms with Crippen molar-refractivity contribution in [3.63, 3.8) is 0 Å². The molecule has 2 fully saturated rings. The molecule has 0 aromatic heterocycles. The lowest BCUT2D eigenvalue weighted by Gasteiger charge is -2.32. The molecular weight excluding hydrogens is 399 g/mol. The minimum atomic E-state index is 0. The van der Waals surface area contributed by atoms with Crippen LogP contribution in [0.2, 0.25) is 0 Å². The molecular formula is C18H29IN4. The van der Waals surface area contributed by atoms with E-state index in [0.29, 0.717) is 18.5 Å². The van der Waals surface area contributed by atoms with Crippen LogP contribution in [-0.4, -0.2) is 37.0 Å². The second-order valence-electron chi connectivity index (χ2n) is 6.85. The number of rotatable bonds is 4. The zero-order valence-corrected chi connectivity index (χ0v) is 16.6. The van der Waals surface area contributed by atoms with Crippen LogP contribution in [0.5, 0.6) is 0 Å². The van der Waals surface area contributed by atoms with E-state index in [-0.39, 0.29) is 24.0 Å². The molecule has 128 valence electrons. The first-order valence-corrected chi connectivity index (χ1v) is 8.50. The van der Waals surface area contributed by atoms with E-state index in [1.54, 1.807) is 0 Å². The number of benzene rings is 1. The summed E-state index contributed by atoms with van der Waals surface area (Å²) in [6.07, 6.45) is 5.10. The van der Waals surface area contributed by atoms with Crippen LogP contribution >= 0.6 is 24.0 Å². The van der Waals surface area contributed by atoms with E-state index in [2.05, 4.69) is 46.0 Å². The number of anilines is 1. The highest BCUT2D eigenvalue weighted by Crippen LogP contribution is 2.25. The fraction of sp³-hybridized carbons (Fsp3) is 0.611. The van der Waals surface area contributed by atoms with Crippen molar-refractivity contribution in [1.29, 1.82) is 0 Å². The van der Waals surface area contributed by atoms with Crippen LogP contribution < -0.4 is 10.6 Å². The van der Waals surface area contributed by atoms with Gasteiger partial charge in [0.1, 0.15) is 0 Å². The predicted molar refractivity (Wildman–Crippen MR) is 109 cm³/mol. The normalized spacial score (nSPS) is 19.4. The second kappa shape index (κ2) is 8.22. The van der Waals surface area contributed by atoms with E-state index in [1.807, 2.05) is 7.05 Å². The molecule has 5 heteroatoms. The maximum absolute atomic E-state index is 6.03. The molecule has 1 saturated heterocycles. The van der Waals surface area contributed by atoms with Gasteiger partial charge in [0.05, 0.1) is 6.54 Å². The molecule has 0 amide bonds. The van der Waals surface area contributed by atoms with Gasteiger partial charge in [-0.3, -0.25) is 0 Å². The van der Waals surface area contributed by atoms with Crippen molar-refractivity contribution < 1.29 is 0 Å². The third-order valence-corrected chi connectivity index (χ3v) is 4.96. The lowest BCUT2D eigenvalue weighted by molar-refractivity contribution is 0.438. The van der Waals surface area contributed by atoms with E-state index in [0.717, 1.165) is 5.92 Å². The van der Waals surface area contributed by atoms with Crippen LogP contribution in [0, 0.1) is 5.92 Å². The van der Waals surface area contributed by atoms with Gasteiger partial charge in [-0.1, -0.05) is 19.1 Å². The highest BCUT2D eigenvalue weighted by Gasteiger charge is 2.27. The molecule has 1 saturated carbocycles. The van der Waals surface area contributed by atoms with Crippen LogP contribution in [0.3, 0.4) is 0 Å². The van der Waals surface area contributed by atoms with E-state index in [9.17, 15) is 0 Å². The molecule has 0 bridgehead atoms. The minimum Gasteiger partial charge on any atom is -0.372 e. The van der Waals surface area contributed by atoms with Gasteiger partial charge in [-0.2, -0.15) is 0 Å². The number of piperidine rings is 1. The van der Waals surface area contributed by atoms with Gasteiger partial charge in [-0.25, -0.2) is 4.99 Å². The first kappa shape index (κ1) is 18.4. The highest BCUT2D eigenvalue weighted by atomic mass is 127.